The molecule has 1 atom stereocenters. The zero-order chi connectivity index (χ0) is 20.0. The van der Waals surface area contributed by atoms with Crippen LogP contribution in [-0.4, -0.2) is 28.1 Å². The third kappa shape index (κ3) is 3.64. The standard InChI is InChI=1S/C24H31N3OS/c1-3-8-27-21(20-6-4-16(2)5-7-20)15-29-23(26-27)25-22(28)24-12-17-9-18(13-24)11-19(10-17)14-24/h3-7,15,17-19,22,28H,1,8-14H2,2H3,(H,25,26)/t17?,18?,19?,22-,24?/m1/s1. The molecule has 4 fully saturated rings. The Kier molecular flexibility index (Phi) is 4.99. The van der Waals surface area contributed by atoms with E-state index >= 15 is 0 Å². The minimum atomic E-state index is -0.606. The zero-order valence-electron chi connectivity index (χ0n) is 17.2. The van der Waals surface area contributed by atoms with Crippen molar-refractivity contribution < 1.29 is 5.11 Å². The van der Waals surface area contributed by atoms with Crippen molar-refractivity contribution >= 4 is 22.6 Å². The fourth-order valence-electron chi connectivity index (χ4n) is 6.40. The van der Waals surface area contributed by atoms with Crippen LogP contribution in [0.25, 0.3) is 5.70 Å². The fraction of sp³-hybridized carbons (Fsp3) is 0.542. The van der Waals surface area contributed by atoms with E-state index < -0.39 is 6.23 Å². The van der Waals surface area contributed by atoms with Crippen molar-refractivity contribution in [2.45, 2.75) is 51.7 Å². The molecule has 4 bridgehead atoms. The van der Waals surface area contributed by atoms with Crippen molar-refractivity contribution in [3.63, 3.8) is 0 Å². The summed E-state index contributed by atoms with van der Waals surface area (Å²) in [7, 11) is 0. The monoisotopic (exact) mass is 409 g/mol. The first-order valence-corrected chi connectivity index (χ1v) is 11.8. The Morgan fingerprint density at radius 1 is 1.21 bits per heavy atom. The molecule has 1 aliphatic heterocycles. The lowest BCUT2D eigenvalue weighted by Crippen LogP contribution is -2.52. The molecule has 1 aromatic carbocycles. The molecular weight excluding hydrogens is 378 g/mol. The maximum absolute atomic E-state index is 11.2. The number of nitrogens with zero attached hydrogens (tertiary/aromatic N) is 2. The van der Waals surface area contributed by atoms with Gasteiger partial charge in [-0.25, -0.2) is 4.99 Å². The van der Waals surface area contributed by atoms with Gasteiger partial charge >= 0.3 is 0 Å². The molecular formula is C24H31N3OS. The molecule has 0 unspecified atom stereocenters. The van der Waals surface area contributed by atoms with Gasteiger partial charge in [-0.2, -0.15) is 0 Å². The van der Waals surface area contributed by atoms with E-state index in [1.165, 1.54) is 24.8 Å². The molecule has 1 heterocycles. The van der Waals surface area contributed by atoms with Gasteiger partial charge in [0.15, 0.2) is 11.4 Å². The van der Waals surface area contributed by atoms with Crippen molar-refractivity contribution in [1.29, 1.82) is 0 Å². The molecule has 0 saturated heterocycles. The quantitative estimate of drug-likeness (QED) is 0.678. The van der Waals surface area contributed by atoms with Gasteiger partial charge in [0.2, 0.25) is 0 Å². The van der Waals surface area contributed by atoms with Crippen molar-refractivity contribution in [2.24, 2.45) is 28.2 Å². The highest BCUT2D eigenvalue weighted by Gasteiger charge is 2.54. The van der Waals surface area contributed by atoms with Gasteiger partial charge in [-0.1, -0.05) is 47.7 Å². The normalized spacial score (nSPS) is 35.4. The number of hydrogen-bond acceptors (Lipinski definition) is 4. The molecule has 4 nitrogen and oxygen atoms in total. The van der Waals surface area contributed by atoms with Gasteiger partial charge in [-0.05, 0) is 63.2 Å². The average Bonchev–Trinajstić information content (AvgIpc) is 2.68. The van der Waals surface area contributed by atoms with Crippen molar-refractivity contribution in [3.8, 4) is 0 Å². The summed E-state index contributed by atoms with van der Waals surface area (Å²) in [6.07, 6.45) is 8.89. The lowest BCUT2D eigenvalue weighted by atomic mass is 9.49. The molecule has 4 aliphatic carbocycles. The van der Waals surface area contributed by atoms with Gasteiger partial charge < -0.3 is 5.11 Å². The third-order valence-corrected chi connectivity index (χ3v) is 8.10. The maximum Gasteiger partial charge on any atom is 0.182 e. The van der Waals surface area contributed by atoms with Gasteiger partial charge in [-0.3, -0.25) is 10.4 Å². The van der Waals surface area contributed by atoms with Crippen LogP contribution in [0, 0.1) is 30.1 Å². The van der Waals surface area contributed by atoms with Gasteiger partial charge in [0.1, 0.15) is 0 Å². The van der Waals surface area contributed by atoms with E-state index in [1.54, 1.807) is 11.8 Å². The van der Waals surface area contributed by atoms with Crippen LogP contribution >= 0.6 is 11.8 Å². The number of aliphatic hydroxyl groups is 1. The highest BCUT2D eigenvalue weighted by atomic mass is 32.2. The number of hydrogen-bond donors (Lipinski definition) is 2. The van der Waals surface area contributed by atoms with Gasteiger partial charge in [0, 0.05) is 16.4 Å². The Bertz CT molecular complexity index is 809. The Morgan fingerprint density at radius 2 is 1.83 bits per heavy atom. The minimum Gasteiger partial charge on any atom is -0.371 e. The number of nitrogens with one attached hydrogen (secondary N) is 1. The molecule has 0 radical (unpaired) electrons. The van der Waals surface area contributed by atoms with Gasteiger partial charge in [0.05, 0.1) is 12.2 Å². The van der Waals surface area contributed by atoms with Gasteiger partial charge in [-0.15, -0.1) is 6.58 Å². The first-order valence-electron chi connectivity index (χ1n) is 10.9. The van der Waals surface area contributed by atoms with Crippen LogP contribution in [0.2, 0.25) is 0 Å². The van der Waals surface area contributed by atoms with E-state index in [0.29, 0.717) is 6.54 Å². The Hall–Kier alpha value is -1.72. The molecule has 29 heavy (non-hydrogen) atoms. The summed E-state index contributed by atoms with van der Waals surface area (Å²) in [6, 6.07) is 8.55. The molecule has 5 aliphatic rings. The Balaban J connectivity index is 1.37. The predicted octanol–water partition coefficient (Wildman–Crippen LogP) is 4.92. The SMILES string of the molecule is C=CCN1N/C(=N/[C@H](O)C23CC4CC(CC(C4)C2)C3)SC=C1c1ccc(C)cc1. The summed E-state index contributed by atoms with van der Waals surface area (Å²) in [5.74, 6) is 2.44. The smallest absolute Gasteiger partial charge is 0.182 e. The second kappa shape index (κ2) is 7.51. The third-order valence-electron chi connectivity index (χ3n) is 7.34. The number of thioether (sulfide) groups is 1. The maximum atomic E-state index is 11.2. The second-order valence-corrected chi connectivity index (χ2v) is 10.4. The molecule has 1 aromatic rings. The summed E-state index contributed by atoms with van der Waals surface area (Å²) < 4.78 is 0. The van der Waals surface area contributed by atoms with Crippen LogP contribution in [-0.2, 0) is 0 Å². The number of amidine groups is 1. The van der Waals surface area contributed by atoms with Crippen molar-refractivity contribution in [3.05, 3.63) is 53.5 Å². The van der Waals surface area contributed by atoms with Crippen LogP contribution < -0.4 is 5.43 Å². The average molecular weight is 410 g/mol. The predicted molar refractivity (Wildman–Crippen MR) is 121 cm³/mol. The van der Waals surface area contributed by atoms with E-state index in [2.05, 4.69) is 53.6 Å². The van der Waals surface area contributed by atoms with Crippen LogP contribution in [0.1, 0.15) is 49.7 Å². The molecule has 0 amide bonds. The lowest BCUT2D eigenvalue weighted by molar-refractivity contribution is -0.116. The number of benzene rings is 1. The van der Waals surface area contributed by atoms with E-state index in [4.69, 9.17) is 4.99 Å². The molecule has 154 valence electrons. The minimum absolute atomic E-state index is 0.00814. The number of aliphatic hydroxyl groups excluding tert-OH is 1. The van der Waals surface area contributed by atoms with E-state index in [0.717, 1.165) is 53.4 Å². The van der Waals surface area contributed by atoms with Crippen LogP contribution in [0.5, 0.6) is 0 Å². The molecule has 2 N–H and O–H groups in total. The van der Waals surface area contributed by atoms with Gasteiger partial charge in [0.25, 0.3) is 0 Å². The van der Waals surface area contributed by atoms with Crippen LogP contribution in [0.4, 0.5) is 0 Å². The first kappa shape index (κ1) is 19.3. The Labute approximate surface area is 178 Å². The van der Waals surface area contributed by atoms with E-state index in [1.807, 2.05) is 6.08 Å². The number of hydrazine groups is 1. The van der Waals surface area contributed by atoms with Crippen LogP contribution in [0.15, 0.2) is 47.3 Å². The molecule has 0 aromatic heterocycles. The number of rotatable bonds is 5. The zero-order valence-corrected chi connectivity index (χ0v) is 18.0. The number of aliphatic imine (C=N–C) groups is 1. The topological polar surface area (TPSA) is 47.9 Å². The largest absolute Gasteiger partial charge is 0.371 e. The number of aryl methyl sites for hydroxylation is 1. The summed E-state index contributed by atoms with van der Waals surface area (Å²) in [6.45, 7) is 6.68. The van der Waals surface area contributed by atoms with Crippen LogP contribution in [0.3, 0.4) is 0 Å². The molecule has 5 heteroatoms. The molecule has 4 saturated carbocycles. The van der Waals surface area contributed by atoms with Crippen molar-refractivity contribution in [2.75, 3.05) is 6.54 Å². The lowest BCUT2D eigenvalue weighted by Gasteiger charge is -2.57. The molecule has 0 spiro atoms. The van der Waals surface area contributed by atoms with E-state index in [-0.39, 0.29) is 5.41 Å². The van der Waals surface area contributed by atoms with E-state index in [9.17, 15) is 5.11 Å². The summed E-state index contributed by atoms with van der Waals surface area (Å²) in [5.41, 5.74) is 6.96. The summed E-state index contributed by atoms with van der Waals surface area (Å²) in [5, 5.41) is 16.2. The molecule has 6 rings (SSSR count). The van der Waals surface area contributed by atoms with Crippen molar-refractivity contribution in [1.82, 2.24) is 10.4 Å². The summed E-state index contributed by atoms with van der Waals surface area (Å²) >= 11 is 1.57. The summed E-state index contributed by atoms with van der Waals surface area (Å²) in [4.78, 5) is 4.80. The first-order chi connectivity index (χ1) is 14.0. The fourth-order valence-corrected chi connectivity index (χ4v) is 7.21. The Morgan fingerprint density at radius 3 is 2.41 bits per heavy atom. The second-order valence-electron chi connectivity index (χ2n) is 9.59. The highest BCUT2D eigenvalue weighted by molar-refractivity contribution is 8.16. The highest BCUT2D eigenvalue weighted by Crippen LogP contribution is 2.61.